The number of nitrogens with zero attached hydrogens (tertiary/aromatic N) is 3. The van der Waals surface area contributed by atoms with Gasteiger partial charge in [0.1, 0.15) is 5.82 Å². The molecule has 1 aliphatic rings. The average molecular weight is 392 g/mol. The van der Waals surface area contributed by atoms with Crippen molar-refractivity contribution >= 4 is 23.3 Å². The van der Waals surface area contributed by atoms with Gasteiger partial charge in [0.15, 0.2) is 0 Å². The molecule has 148 valence electrons. The summed E-state index contributed by atoms with van der Waals surface area (Å²) in [5, 5.41) is 2.64. The van der Waals surface area contributed by atoms with Crippen molar-refractivity contribution in [2.45, 2.75) is 13.1 Å². The molecular formula is C19H19F3N4O2. The average Bonchev–Trinajstić information content (AvgIpc) is 2.67. The number of pyridine rings is 1. The summed E-state index contributed by atoms with van der Waals surface area (Å²) in [6.45, 7) is 3.17. The number of anilines is 2. The number of halogens is 3. The zero-order valence-corrected chi connectivity index (χ0v) is 15.2. The van der Waals surface area contributed by atoms with Crippen LogP contribution in [0.2, 0.25) is 0 Å². The lowest BCUT2D eigenvalue weighted by molar-refractivity contribution is -0.137. The van der Waals surface area contributed by atoms with Crippen molar-refractivity contribution in [3.63, 3.8) is 0 Å². The highest BCUT2D eigenvalue weighted by Crippen LogP contribution is 2.29. The van der Waals surface area contributed by atoms with E-state index >= 15 is 0 Å². The van der Waals surface area contributed by atoms with E-state index in [0.717, 1.165) is 12.3 Å². The van der Waals surface area contributed by atoms with Gasteiger partial charge in [0.05, 0.1) is 5.56 Å². The van der Waals surface area contributed by atoms with Gasteiger partial charge < -0.3 is 15.1 Å². The molecule has 2 heterocycles. The molecule has 2 aromatic rings. The number of nitrogens with one attached hydrogen (secondary N) is 1. The molecule has 1 aliphatic heterocycles. The summed E-state index contributed by atoms with van der Waals surface area (Å²) in [6.07, 6.45) is -3.59. The Morgan fingerprint density at radius 1 is 1.07 bits per heavy atom. The summed E-state index contributed by atoms with van der Waals surface area (Å²) in [5.74, 6) is 0.0715. The van der Waals surface area contributed by atoms with Crippen molar-refractivity contribution in [2.24, 2.45) is 0 Å². The zero-order valence-electron chi connectivity index (χ0n) is 15.2. The van der Waals surface area contributed by atoms with Crippen LogP contribution in [0.3, 0.4) is 0 Å². The predicted molar refractivity (Wildman–Crippen MR) is 98.1 cm³/mol. The number of benzene rings is 1. The summed E-state index contributed by atoms with van der Waals surface area (Å²) < 4.78 is 37.9. The Kier molecular flexibility index (Phi) is 5.53. The first-order chi connectivity index (χ1) is 13.2. The van der Waals surface area contributed by atoms with Crippen LogP contribution >= 0.6 is 0 Å². The van der Waals surface area contributed by atoms with E-state index in [0.29, 0.717) is 43.2 Å². The molecule has 28 heavy (non-hydrogen) atoms. The smallest absolute Gasteiger partial charge is 0.353 e. The molecule has 3 rings (SSSR count). The van der Waals surface area contributed by atoms with Gasteiger partial charge in [-0.1, -0.05) is 6.07 Å². The third kappa shape index (κ3) is 4.59. The molecule has 1 saturated heterocycles. The van der Waals surface area contributed by atoms with Crippen LogP contribution < -0.4 is 10.2 Å². The van der Waals surface area contributed by atoms with Gasteiger partial charge in [-0.25, -0.2) is 4.98 Å². The maximum atomic E-state index is 12.7. The van der Waals surface area contributed by atoms with E-state index < -0.39 is 11.7 Å². The zero-order chi connectivity index (χ0) is 20.3. The number of hydrogen-bond acceptors (Lipinski definition) is 4. The van der Waals surface area contributed by atoms with E-state index in [2.05, 4.69) is 10.3 Å². The van der Waals surface area contributed by atoms with Crippen LogP contribution in [0.5, 0.6) is 0 Å². The Bertz CT molecular complexity index is 860. The Morgan fingerprint density at radius 3 is 2.36 bits per heavy atom. The monoisotopic (exact) mass is 392 g/mol. The molecule has 1 aromatic heterocycles. The molecule has 0 spiro atoms. The van der Waals surface area contributed by atoms with E-state index in [1.54, 1.807) is 29.2 Å². The lowest BCUT2D eigenvalue weighted by Gasteiger charge is -2.35. The number of amides is 2. The molecule has 1 fully saturated rings. The fourth-order valence-electron chi connectivity index (χ4n) is 3.00. The molecule has 0 aliphatic carbocycles. The van der Waals surface area contributed by atoms with E-state index in [1.165, 1.54) is 13.0 Å². The van der Waals surface area contributed by atoms with Gasteiger partial charge in [-0.3, -0.25) is 9.59 Å². The first-order valence-electron chi connectivity index (χ1n) is 8.69. The van der Waals surface area contributed by atoms with Crippen molar-refractivity contribution in [1.82, 2.24) is 9.88 Å². The minimum Gasteiger partial charge on any atom is -0.353 e. The molecule has 0 radical (unpaired) electrons. The van der Waals surface area contributed by atoms with E-state index in [4.69, 9.17) is 0 Å². The molecule has 1 aromatic carbocycles. The number of alkyl halides is 3. The van der Waals surface area contributed by atoms with Gasteiger partial charge in [-0.15, -0.1) is 0 Å². The third-order valence-electron chi connectivity index (χ3n) is 4.40. The standard InChI is InChI=1S/C19H19F3N4O2/c1-13(27)24-16-4-2-3-14(11-16)18(28)26-9-7-25(8-10-26)17-6-5-15(12-23-17)19(20,21)22/h2-6,11-12H,7-10H2,1H3,(H,24,27). The van der Waals surface area contributed by atoms with Crippen LogP contribution in [0.25, 0.3) is 0 Å². The first kappa shape index (κ1) is 19.7. The lowest BCUT2D eigenvalue weighted by atomic mass is 10.1. The Morgan fingerprint density at radius 2 is 1.79 bits per heavy atom. The largest absolute Gasteiger partial charge is 0.417 e. The van der Waals surface area contributed by atoms with Gasteiger partial charge in [-0.2, -0.15) is 13.2 Å². The fourth-order valence-corrected chi connectivity index (χ4v) is 3.00. The third-order valence-corrected chi connectivity index (χ3v) is 4.40. The van der Waals surface area contributed by atoms with E-state index in [-0.39, 0.29) is 11.8 Å². The van der Waals surface area contributed by atoms with Crippen LogP contribution in [-0.2, 0) is 11.0 Å². The second-order valence-electron chi connectivity index (χ2n) is 6.44. The quantitative estimate of drug-likeness (QED) is 0.872. The number of hydrogen-bond donors (Lipinski definition) is 1. The molecule has 1 N–H and O–H groups in total. The van der Waals surface area contributed by atoms with Gasteiger partial charge in [0, 0.05) is 50.6 Å². The molecule has 0 saturated carbocycles. The molecule has 0 atom stereocenters. The molecule has 0 unspecified atom stereocenters. The van der Waals surface area contributed by atoms with Gasteiger partial charge in [0.2, 0.25) is 5.91 Å². The number of carbonyl (C=O) groups excluding carboxylic acids is 2. The van der Waals surface area contributed by atoms with Crippen LogP contribution in [0.15, 0.2) is 42.6 Å². The van der Waals surface area contributed by atoms with E-state index in [9.17, 15) is 22.8 Å². The highest BCUT2D eigenvalue weighted by molar-refractivity contribution is 5.97. The summed E-state index contributed by atoms with van der Waals surface area (Å²) in [7, 11) is 0. The van der Waals surface area contributed by atoms with Crippen molar-refractivity contribution < 1.29 is 22.8 Å². The van der Waals surface area contributed by atoms with Gasteiger partial charge in [0.25, 0.3) is 5.91 Å². The maximum absolute atomic E-state index is 12.7. The first-order valence-corrected chi connectivity index (χ1v) is 8.69. The number of carbonyl (C=O) groups is 2. The van der Waals surface area contributed by atoms with Crippen molar-refractivity contribution in [3.8, 4) is 0 Å². The number of piperazine rings is 1. The Hall–Kier alpha value is -3.10. The molecule has 9 heteroatoms. The topological polar surface area (TPSA) is 65.5 Å². The molecule has 0 bridgehead atoms. The van der Waals surface area contributed by atoms with Crippen molar-refractivity contribution in [3.05, 3.63) is 53.7 Å². The summed E-state index contributed by atoms with van der Waals surface area (Å²) >= 11 is 0. The number of rotatable bonds is 3. The van der Waals surface area contributed by atoms with Crippen LogP contribution in [0, 0.1) is 0 Å². The number of aromatic nitrogens is 1. The fraction of sp³-hybridized carbons (Fsp3) is 0.316. The van der Waals surface area contributed by atoms with Gasteiger partial charge in [-0.05, 0) is 30.3 Å². The summed E-state index contributed by atoms with van der Waals surface area (Å²) in [6, 6.07) is 9.04. The van der Waals surface area contributed by atoms with Crippen LogP contribution in [-0.4, -0.2) is 47.9 Å². The SMILES string of the molecule is CC(=O)Nc1cccc(C(=O)N2CCN(c3ccc(C(F)(F)F)cn3)CC2)c1. The Labute approximate surface area is 160 Å². The highest BCUT2D eigenvalue weighted by atomic mass is 19.4. The Balaban J connectivity index is 1.62. The van der Waals surface area contributed by atoms with Crippen LogP contribution in [0.1, 0.15) is 22.8 Å². The molecule has 6 nitrogen and oxygen atoms in total. The molecular weight excluding hydrogens is 373 g/mol. The summed E-state index contributed by atoms with van der Waals surface area (Å²) in [4.78, 5) is 31.3. The van der Waals surface area contributed by atoms with Crippen molar-refractivity contribution in [2.75, 3.05) is 36.4 Å². The second kappa shape index (κ2) is 7.87. The normalized spacial score (nSPS) is 14.7. The molecule has 2 amide bonds. The second-order valence-corrected chi connectivity index (χ2v) is 6.44. The van der Waals surface area contributed by atoms with Crippen LogP contribution in [0.4, 0.5) is 24.7 Å². The maximum Gasteiger partial charge on any atom is 0.417 e. The van der Waals surface area contributed by atoms with Gasteiger partial charge >= 0.3 is 6.18 Å². The summed E-state index contributed by atoms with van der Waals surface area (Å²) in [5.41, 5.74) is 0.224. The minimum absolute atomic E-state index is 0.160. The van der Waals surface area contributed by atoms with E-state index in [1.807, 2.05) is 4.90 Å². The predicted octanol–water partition coefficient (Wildman–Crippen LogP) is 3.02. The lowest BCUT2D eigenvalue weighted by Crippen LogP contribution is -2.49. The highest BCUT2D eigenvalue weighted by Gasteiger charge is 2.31. The van der Waals surface area contributed by atoms with Crippen molar-refractivity contribution in [1.29, 1.82) is 0 Å². The minimum atomic E-state index is -4.41.